The molecule has 114 valence electrons. The van der Waals surface area contributed by atoms with Crippen molar-refractivity contribution in [3.8, 4) is 0 Å². The van der Waals surface area contributed by atoms with E-state index in [1.165, 1.54) is 6.42 Å². The van der Waals surface area contributed by atoms with E-state index in [0.717, 1.165) is 64.5 Å². The summed E-state index contributed by atoms with van der Waals surface area (Å²) in [4.78, 5) is 14.2. The van der Waals surface area contributed by atoms with Crippen LogP contribution in [0.15, 0.2) is 5.16 Å². The number of rotatable bonds is 2. The Balaban J connectivity index is 2.10. The van der Waals surface area contributed by atoms with Crippen LogP contribution in [0.4, 0.5) is 4.79 Å². The maximum Gasteiger partial charge on any atom is 0.318 e. The Morgan fingerprint density at radius 3 is 2.15 bits per heavy atom. The molecule has 0 aromatic heterocycles. The number of likely N-dealkylation sites (tertiary alicyclic amines) is 1. The molecule has 0 radical (unpaired) electrons. The van der Waals surface area contributed by atoms with Gasteiger partial charge in [0.1, 0.15) is 5.54 Å². The van der Waals surface area contributed by atoms with Crippen molar-refractivity contribution in [1.29, 1.82) is 0 Å². The number of urea groups is 1. The normalized spacial score (nSPS) is 24.0. The van der Waals surface area contributed by atoms with Gasteiger partial charge in [-0.15, -0.1) is 0 Å². The van der Waals surface area contributed by atoms with Gasteiger partial charge in [-0.1, -0.05) is 37.3 Å². The zero-order valence-electron chi connectivity index (χ0n) is 12.1. The second-order valence-electron chi connectivity index (χ2n) is 5.96. The minimum atomic E-state index is -0.672. The van der Waals surface area contributed by atoms with Crippen LogP contribution < -0.4 is 11.1 Å². The third-order valence-corrected chi connectivity index (χ3v) is 4.54. The van der Waals surface area contributed by atoms with Crippen LogP contribution in [0, 0.1) is 0 Å². The molecule has 4 N–H and O–H groups in total. The highest BCUT2D eigenvalue weighted by Crippen LogP contribution is 2.27. The van der Waals surface area contributed by atoms with E-state index in [-0.39, 0.29) is 11.9 Å². The second-order valence-corrected chi connectivity index (χ2v) is 5.96. The number of hydrogen-bond donors (Lipinski definition) is 3. The third-order valence-electron chi connectivity index (χ3n) is 4.54. The molecule has 1 aliphatic heterocycles. The first kappa shape index (κ1) is 14.9. The minimum absolute atomic E-state index is 0.0744. The molecule has 1 saturated carbocycles. The molecule has 2 fully saturated rings. The molecule has 0 spiro atoms. The summed E-state index contributed by atoms with van der Waals surface area (Å²) in [5.41, 5.74) is 5.25. The molecule has 2 aliphatic rings. The average Bonchev–Trinajstić information content (AvgIpc) is 2.95. The molecule has 6 nitrogen and oxygen atoms in total. The summed E-state index contributed by atoms with van der Waals surface area (Å²) in [7, 11) is 0. The highest BCUT2D eigenvalue weighted by Gasteiger charge is 2.38. The lowest BCUT2D eigenvalue weighted by molar-refractivity contribution is 0.194. The number of nitrogens with one attached hydrogen (secondary N) is 1. The largest absolute Gasteiger partial charge is 0.409 e. The van der Waals surface area contributed by atoms with Crippen LogP contribution in [-0.4, -0.2) is 40.6 Å². The lowest BCUT2D eigenvalue weighted by atomic mass is 9.83. The van der Waals surface area contributed by atoms with Crippen LogP contribution in [0.5, 0.6) is 0 Å². The molecule has 0 aromatic rings. The molecule has 1 aliphatic carbocycles. The zero-order valence-corrected chi connectivity index (χ0v) is 12.1. The van der Waals surface area contributed by atoms with Crippen LogP contribution in [0.2, 0.25) is 0 Å². The topological polar surface area (TPSA) is 91.0 Å². The minimum Gasteiger partial charge on any atom is -0.409 e. The number of carbonyl (C=O) groups excluding carboxylic acids is 1. The molecule has 0 aromatic carbocycles. The van der Waals surface area contributed by atoms with Gasteiger partial charge >= 0.3 is 6.03 Å². The first-order chi connectivity index (χ1) is 9.68. The first-order valence-corrected chi connectivity index (χ1v) is 7.73. The van der Waals surface area contributed by atoms with Crippen LogP contribution in [-0.2, 0) is 0 Å². The molecular formula is C14H26N4O2. The highest BCUT2D eigenvalue weighted by atomic mass is 16.4. The summed E-state index contributed by atoms with van der Waals surface area (Å²) < 4.78 is 0. The molecule has 0 unspecified atom stereocenters. The van der Waals surface area contributed by atoms with Crippen molar-refractivity contribution in [3.05, 3.63) is 0 Å². The number of hydrogen-bond acceptors (Lipinski definition) is 3. The summed E-state index contributed by atoms with van der Waals surface area (Å²) >= 11 is 0. The fourth-order valence-corrected chi connectivity index (χ4v) is 3.25. The van der Waals surface area contributed by atoms with Gasteiger partial charge in [-0.2, -0.15) is 0 Å². The van der Waals surface area contributed by atoms with Gasteiger partial charge < -0.3 is 21.2 Å². The van der Waals surface area contributed by atoms with Gasteiger partial charge in [0.2, 0.25) is 0 Å². The van der Waals surface area contributed by atoms with E-state index in [1.54, 1.807) is 0 Å². The van der Waals surface area contributed by atoms with Crippen molar-refractivity contribution >= 4 is 11.9 Å². The molecular weight excluding hydrogens is 256 g/mol. The predicted molar refractivity (Wildman–Crippen MR) is 77.8 cm³/mol. The van der Waals surface area contributed by atoms with E-state index < -0.39 is 5.54 Å². The monoisotopic (exact) mass is 282 g/mol. The maximum absolute atomic E-state index is 12.4. The Bertz CT molecular complexity index is 356. The first-order valence-electron chi connectivity index (χ1n) is 7.73. The van der Waals surface area contributed by atoms with Gasteiger partial charge in [-0.3, -0.25) is 0 Å². The van der Waals surface area contributed by atoms with Crippen molar-refractivity contribution < 1.29 is 10.0 Å². The van der Waals surface area contributed by atoms with E-state index >= 15 is 0 Å². The Kier molecular flexibility index (Phi) is 5.09. The van der Waals surface area contributed by atoms with E-state index in [4.69, 9.17) is 10.9 Å². The highest BCUT2D eigenvalue weighted by molar-refractivity contribution is 5.93. The number of carbonyl (C=O) groups is 1. The summed E-state index contributed by atoms with van der Waals surface area (Å²) in [6, 6.07) is -0.0744. The summed E-state index contributed by atoms with van der Waals surface area (Å²) in [5, 5.41) is 15.4. The molecule has 0 atom stereocenters. The van der Waals surface area contributed by atoms with E-state index in [2.05, 4.69) is 10.5 Å². The Labute approximate surface area is 120 Å². The third kappa shape index (κ3) is 3.35. The molecule has 1 heterocycles. The van der Waals surface area contributed by atoms with Crippen molar-refractivity contribution in [3.63, 3.8) is 0 Å². The van der Waals surface area contributed by atoms with Crippen LogP contribution in [0.3, 0.4) is 0 Å². The second kappa shape index (κ2) is 6.81. The SMILES string of the molecule is NC(=NO)C1(NC(=O)N2CCCC2)CCCCCCC1. The standard InChI is InChI=1S/C14H26N4O2/c15-12(17-20)14(8-4-2-1-3-5-9-14)16-13(19)18-10-6-7-11-18/h20H,1-11H2,(H2,15,17)(H,16,19). The Hall–Kier alpha value is -1.46. The summed E-state index contributed by atoms with van der Waals surface area (Å²) in [6.45, 7) is 1.61. The number of nitrogens with zero attached hydrogens (tertiary/aromatic N) is 2. The fraction of sp³-hybridized carbons (Fsp3) is 0.857. The van der Waals surface area contributed by atoms with Crippen LogP contribution >= 0.6 is 0 Å². The predicted octanol–water partition coefficient (Wildman–Crippen LogP) is 2.02. The van der Waals surface area contributed by atoms with Crippen molar-refractivity contribution in [1.82, 2.24) is 10.2 Å². The van der Waals surface area contributed by atoms with Crippen molar-refractivity contribution in [2.75, 3.05) is 13.1 Å². The molecule has 0 bridgehead atoms. The molecule has 1 saturated heterocycles. The number of nitrogens with two attached hydrogens (primary N) is 1. The van der Waals surface area contributed by atoms with Gasteiger partial charge in [-0.25, -0.2) is 4.79 Å². The number of amides is 2. The van der Waals surface area contributed by atoms with E-state index in [9.17, 15) is 4.79 Å². The average molecular weight is 282 g/mol. The molecule has 2 rings (SSSR count). The lowest BCUT2D eigenvalue weighted by Gasteiger charge is -2.36. The van der Waals surface area contributed by atoms with Crippen molar-refractivity contribution in [2.24, 2.45) is 10.9 Å². The molecule has 2 amide bonds. The molecule has 6 heteroatoms. The van der Waals surface area contributed by atoms with Gasteiger partial charge in [-0.05, 0) is 25.7 Å². The van der Waals surface area contributed by atoms with Gasteiger partial charge in [0.05, 0.1) is 0 Å². The van der Waals surface area contributed by atoms with Crippen molar-refractivity contribution in [2.45, 2.75) is 63.3 Å². The zero-order chi connectivity index (χ0) is 14.4. The molecule has 20 heavy (non-hydrogen) atoms. The summed E-state index contributed by atoms with van der Waals surface area (Å²) in [6.07, 6.45) is 9.12. The van der Waals surface area contributed by atoms with Gasteiger partial charge in [0, 0.05) is 13.1 Å². The fourth-order valence-electron chi connectivity index (χ4n) is 3.25. The van der Waals surface area contributed by atoms with Crippen LogP contribution in [0.1, 0.15) is 57.8 Å². The Morgan fingerprint density at radius 2 is 1.60 bits per heavy atom. The lowest BCUT2D eigenvalue weighted by Crippen LogP contribution is -2.60. The quantitative estimate of drug-likeness (QED) is 0.313. The Morgan fingerprint density at radius 1 is 1.05 bits per heavy atom. The number of oxime groups is 1. The number of amidine groups is 1. The smallest absolute Gasteiger partial charge is 0.318 e. The van der Waals surface area contributed by atoms with Crippen LogP contribution in [0.25, 0.3) is 0 Å². The van der Waals surface area contributed by atoms with Gasteiger partial charge in [0.15, 0.2) is 5.84 Å². The van der Waals surface area contributed by atoms with E-state index in [0.29, 0.717) is 0 Å². The summed E-state index contributed by atoms with van der Waals surface area (Å²) in [5.74, 6) is 0.145. The van der Waals surface area contributed by atoms with E-state index in [1.807, 2.05) is 4.90 Å². The maximum atomic E-state index is 12.4. The van der Waals surface area contributed by atoms with Gasteiger partial charge in [0.25, 0.3) is 0 Å².